The van der Waals surface area contributed by atoms with E-state index in [4.69, 9.17) is 0 Å². The molecule has 0 aromatic carbocycles. The maximum atomic E-state index is 10.1. The molecule has 0 atom stereocenters. The first-order valence-corrected chi connectivity index (χ1v) is 3.69. The van der Waals surface area contributed by atoms with Gasteiger partial charge < -0.3 is 4.74 Å². The van der Waals surface area contributed by atoms with Crippen molar-refractivity contribution in [2.75, 3.05) is 7.11 Å². The Morgan fingerprint density at radius 1 is 1.50 bits per heavy atom. The van der Waals surface area contributed by atoms with Gasteiger partial charge in [0.15, 0.2) is 6.29 Å². The van der Waals surface area contributed by atoms with E-state index in [0.29, 0.717) is 12.0 Å². The number of carbonyl (C=O) groups is 1. The second-order valence-corrected chi connectivity index (χ2v) is 1.59. The van der Waals surface area contributed by atoms with Gasteiger partial charge in [0.05, 0.1) is 7.11 Å². The normalized spacial score (nSPS) is 7.92. The van der Waals surface area contributed by atoms with Crippen LogP contribution in [0.15, 0.2) is 12.3 Å². The minimum Gasteiger partial charge on any atom is -0.467 e. The van der Waals surface area contributed by atoms with Gasteiger partial charge in [0.1, 0.15) is 5.69 Å². The van der Waals surface area contributed by atoms with Crippen LogP contribution in [0.1, 0.15) is 24.3 Å². The van der Waals surface area contributed by atoms with E-state index in [1.807, 2.05) is 13.8 Å². The van der Waals surface area contributed by atoms with Crippen molar-refractivity contribution in [3.8, 4) is 6.01 Å². The lowest BCUT2D eigenvalue weighted by atomic mass is 10.4. The summed E-state index contributed by atoms with van der Waals surface area (Å²) in [6.45, 7) is 4.00. The summed E-state index contributed by atoms with van der Waals surface area (Å²) in [7, 11) is 1.45. The van der Waals surface area contributed by atoms with Crippen LogP contribution in [-0.4, -0.2) is 23.4 Å². The lowest BCUT2D eigenvalue weighted by Gasteiger charge is -1.94. The first-order valence-electron chi connectivity index (χ1n) is 3.69. The summed E-state index contributed by atoms with van der Waals surface area (Å²) in [5.74, 6) is 0. The highest BCUT2D eigenvalue weighted by molar-refractivity contribution is 5.71. The molecule has 0 saturated carbocycles. The summed E-state index contributed by atoms with van der Waals surface area (Å²) in [4.78, 5) is 17.6. The molecule has 0 N–H and O–H groups in total. The molecule has 0 aliphatic rings. The number of hydrogen-bond donors (Lipinski definition) is 0. The standard InChI is InChI=1S/C6H6N2O2.C2H6/c1-10-6-7-3-2-5(4-9)8-6;1-2/h2-4H,1H3;1-2H3. The minimum absolute atomic E-state index is 0.213. The fourth-order valence-corrected chi connectivity index (χ4v) is 0.518. The fraction of sp³-hybridized carbons (Fsp3) is 0.375. The second-order valence-electron chi connectivity index (χ2n) is 1.59. The molecule has 0 aliphatic heterocycles. The third-order valence-corrected chi connectivity index (χ3v) is 0.958. The topological polar surface area (TPSA) is 52.1 Å². The molecule has 4 nitrogen and oxygen atoms in total. The van der Waals surface area contributed by atoms with E-state index in [1.54, 1.807) is 0 Å². The second kappa shape index (κ2) is 6.27. The summed E-state index contributed by atoms with van der Waals surface area (Å²) < 4.78 is 4.68. The Hall–Kier alpha value is -1.45. The average molecular weight is 168 g/mol. The van der Waals surface area contributed by atoms with Crippen LogP contribution in [0, 0.1) is 0 Å². The molecule has 0 unspecified atom stereocenters. The third kappa shape index (κ3) is 3.09. The van der Waals surface area contributed by atoms with Gasteiger partial charge in [0.2, 0.25) is 0 Å². The average Bonchev–Trinajstić information content (AvgIpc) is 2.21. The van der Waals surface area contributed by atoms with Gasteiger partial charge in [-0.2, -0.15) is 4.98 Å². The van der Waals surface area contributed by atoms with Crippen LogP contribution >= 0.6 is 0 Å². The zero-order chi connectivity index (χ0) is 9.40. The van der Waals surface area contributed by atoms with Crippen LogP contribution in [0.2, 0.25) is 0 Å². The van der Waals surface area contributed by atoms with Gasteiger partial charge in [0, 0.05) is 6.20 Å². The number of nitrogens with zero attached hydrogens (tertiary/aromatic N) is 2. The Morgan fingerprint density at radius 2 is 2.17 bits per heavy atom. The van der Waals surface area contributed by atoms with Gasteiger partial charge in [-0.25, -0.2) is 4.98 Å². The number of methoxy groups -OCH3 is 1. The quantitative estimate of drug-likeness (QED) is 0.625. The predicted octanol–water partition coefficient (Wildman–Crippen LogP) is 1.32. The highest BCUT2D eigenvalue weighted by atomic mass is 16.5. The molecule has 1 aromatic rings. The first kappa shape index (κ1) is 10.6. The number of ether oxygens (including phenoxy) is 1. The van der Waals surface area contributed by atoms with E-state index in [1.165, 1.54) is 19.4 Å². The number of aldehydes is 1. The van der Waals surface area contributed by atoms with E-state index in [2.05, 4.69) is 14.7 Å². The molecular formula is C8H12N2O2. The molecule has 0 radical (unpaired) electrons. The van der Waals surface area contributed by atoms with Crippen molar-refractivity contribution in [1.82, 2.24) is 9.97 Å². The van der Waals surface area contributed by atoms with Crippen LogP contribution in [-0.2, 0) is 0 Å². The van der Waals surface area contributed by atoms with E-state index >= 15 is 0 Å². The Kier molecular flexibility index (Phi) is 5.51. The van der Waals surface area contributed by atoms with E-state index in [0.717, 1.165) is 0 Å². The molecule has 0 saturated heterocycles. The van der Waals surface area contributed by atoms with Crippen LogP contribution in [0.3, 0.4) is 0 Å². The Labute approximate surface area is 71.6 Å². The molecule has 66 valence electrons. The molecule has 0 fully saturated rings. The smallest absolute Gasteiger partial charge is 0.316 e. The van der Waals surface area contributed by atoms with Crippen molar-refractivity contribution in [2.24, 2.45) is 0 Å². The van der Waals surface area contributed by atoms with Crippen molar-refractivity contribution in [1.29, 1.82) is 0 Å². The van der Waals surface area contributed by atoms with Crippen molar-refractivity contribution < 1.29 is 9.53 Å². The Balaban J connectivity index is 0.000000561. The zero-order valence-electron chi connectivity index (χ0n) is 7.44. The summed E-state index contributed by atoms with van der Waals surface area (Å²) in [6.07, 6.45) is 2.11. The van der Waals surface area contributed by atoms with Crippen LogP contribution in [0.4, 0.5) is 0 Å². The van der Waals surface area contributed by atoms with Gasteiger partial charge in [-0.1, -0.05) is 13.8 Å². The van der Waals surface area contributed by atoms with Crippen LogP contribution < -0.4 is 4.74 Å². The number of aromatic nitrogens is 2. The summed E-state index contributed by atoms with van der Waals surface area (Å²) >= 11 is 0. The molecule has 0 spiro atoms. The summed E-state index contributed by atoms with van der Waals surface area (Å²) in [6, 6.07) is 1.72. The van der Waals surface area contributed by atoms with Crippen molar-refractivity contribution >= 4 is 6.29 Å². The molecule has 0 amide bonds. The molecule has 1 heterocycles. The molecule has 1 rings (SSSR count). The third-order valence-electron chi connectivity index (χ3n) is 0.958. The number of rotatable bonds is 2. The molecule has 12 heavy (non-hydrogen) atoms. The lowest BCUT2D eigenvalue weighted by Crippen LogP contribution is -1.94. The number of hydrogen-bond acceptors (Lipinski definition) is 4. The highest BCUT2D eigenvalue weighted by Gasteiger charge is 1.94. The Morgan fingerprint density at radius 3 is 2.67 bits per heavy atom. The molecule has 4 heteroatoms. The maximum Gasteiger partial charge on any atom is 0.316 e. The largest absolute Gasteiger partial charge is 0.467 e. The fourth-order valence-electron chi connectivity index (χ4n) is 0.518. The van der Waals surface area contributed by atoms with Gasteiger partial charge in [-0.3, -0.25) is 4.79 Å². The van der Waals surface area contributed by atoms with E-state index < -0.39 is 0 Å². The van der Waals surface area contributed by atoms with Crippen LogP contribution in [0.5, 0.6) is 6.01 Å². The molecule has 0 bridgehead atoms. The zero-order valence-corrected chi connectivity index (χ0v) is 7.44. The van der Waals surface area contributed by atoms with Crippen molar-refractivity contribution in [2.45, 2.75) is 13.8 Å². The lowest BCUT2D eigenvalue weighted by molar-refractivity contribution is 0.111. The van der Waals surface area contributed by atoms with Gasteiger partial charge in [0.25, 0.3) is 0 Å². The van der Waals surface area contributed by atoms with Gasteiger partial charge >= 0.3 is 6.01 Å². The predicted molar refractivity (Wildman–Crippen MR) is 45.3 cm³/mol. The SMILES string of the molecule is CC.COc1nccc(C=O)n1. The first-order chi connectivity index (χ1) is 5.86. The Bertz CT molecular complexity index is 238. The van der Waals surface area contributed by atoms with Crippen molar-refractivity contribution in [3.05, 3.63) is 18.0 Å². The van der Waals surface area contributed by atoms with Gasteiger partial charge in [-0.15, -0.1) is 0 Å². The molecule has 0 aliphatic carbocycles. The summed E-state index contributed by atoms with van der Waals surface area (Å²) in [5.41, 5.74) is 0.326. The minimum atomic E-state index is 0.213. The van der Waals surface area contributed by atoms with Crippen LogP contribution in [0.25, 0.3) is 0 Å². The summed E-state index contributed by atoms with van der Waals surface area (Å²) in [5, 5.41) is 0. The maximum absolute atomic E-state index is 10.1. The van der Waals surface area contributed by atoms with E-state index in [9.17, 15) is 4.79 Å². The highest BCUT2D eigenvalue weighted by Crippen LogP contribution is 1.98. The monoisotopic (exact) mass is 168 g/mol. The van der Waals surface area contributed by atoms with Gasteiger partial charge in [-0.05, 0) is 6.07 Å². The van der Waals surface area contributed by atoms with Crippen molar-refractivity contribution in [3.63, 3.8) is 0 Å². The molecule has 1 aromatic heterocycles. The number of carbonyl (C=O) groups excluding carboxylic acids is 1. The molecular weight excluding hydrogens is 156 g/mol. The van der Waals surface area contributed by atoms with E-state index in [-0.39, 0.29) is 6.01 Å².